The van der Waals surface area contributed by atoms with Crippen molar-refractivity contribution in [3.8, 4) is 0 Å². The van der Waals surface area contributed by atoms with E-state index in [1.165, 1.54) is 24.5 Å². The molecule has 0 radical (unpaired) electrons. The van der Waals surface area contributed by atoms with Crippen molar-refractivity contribution in [2.24, 2.45) is 11.5 Å². The van der Waals surface area contributed by atoms with E-state index in [4.69, 9.17) is 20.9 Å². The molecule has 8 nitrogen and oxygen atoms in total. The van der Waals surface area contributed by atoms with Crippen LogP contribution in [0.1, 0.15) is 24.0 Å². The van der Waals surface area contributed by atoms with Crippen LogP contribution in [0.5, 0.6) is 0 Å². The van der Waals surface area contributed by atoms with Crippen molar-refractivity contribution in [1.82, 2.24) is 9.97 Å². The van der Waals surface area contributed by atoms with Gasteiger partial charge in [-0.3, -0.25) is 11.5 Å². The minimum atomic E-state index is -1.04. The zero-order valence-corrected chi connectivity index (χ0v) is 19.9. The number of H-pyrrole nitrogens is 2. The maximum atomic E-state index is 13.8. The number of nitrogens with two attached hydrogens (primary N) is 2. The maximum Gasteiger partial charge on any atom is 0.332 e. The zero-order valence-electron chi connectivity index (χ0n) is 19.9. The topological polar surface area (TPSA) is 136 Å². The Morgan fingerprint density at radius 3 is 1.53 bits per heavy atom. The van der Waals surface area contributed by atoms with E-state index in [2.05, 4.69) is 9.97 Å². The predicted octanol–water partition coefficient (Wildman–Crippen LogP) is 3.98. The molecular weight excluding hydrogens is 508 g/mol. The molecule has 2 aromatic heterocycles. The van der Waals surface area contributed by atoms with Crippen LogP contribution in [0.25, 0.3) is 21.8 Å². The normalized spacial score (nSPS) is 13.3. The summed E-state index contributed by atoms with van der Waals surface area (Å²) < 4.78 is 64.7. The number of benzene rings is 2. The summed E-state index contributed by atoms with van der Waals surface area (Å²) in [5, 5.41) is 0.730. The second kappa shape index (κ2) is 11.5. The molecule has 6 N–H and O–H groups in total. The summed E-state index contributed by atoms with van der Waals surface area (Å²) in [6.45, 7) is 0. The highest BCUT2D eigenvalue weighted by Crippen LogP contribution is 2.25. The Labute approximate surface area is 213 Å². The molecule has 2 unspecified atom stereocenters. The van der Waals surface area contributed by atoms with Gasteiger partial charge < -0.3 is 19.4 Å². The second-order valence-corrected chi connectivity index (χ2v) is 8.61. The van der Waals surface area contributed by atoms with Crippen molar-refractivity contribution < 1.29 is 36.6 Å². The van der Waals surface area contributed by atoms with Crippen molar-refractivity contribution in [1.29, 1.82) is 0 Å². The molecule has 2 heterocycles. The number of halogens is 4. The molecule has 0 amide bonds. The van der Waals surface area contributed by atoms with Crippen LogP contribution in [-0.4, -0.2) is 34.4 Å². The quantitative estimate of drug-likeness (QED) is 0.106. The van der Waals surface area contributed by atoms with Crippen molar-refractivity contribution >= 4 is 33.7 Å². The summed E-state index contributed by atoms with van der Waals surface area (Å²) in [5.41, 5.74) is 13.1. The lowest BCUT2D eigenvalue weighted by Crippen LogP contribution is -2.28. The van der Waals surface area contributed by atoms with E-state index in [9.17, 15) is 27.2 Å². The van der Waals surface area contributed by atoms with Crippen LogP contribution in [-0.2, 0) is 31.9 Å². The fourth-order valence-corrected chi connectivity index (χ4v) is 4.06. The Morgan fingerprint density at radius 1 is 0.737 bits per heavy atom. The molecule has 0 bridgehead atoms. The molecule has 4 aromatic rings. The number of aromatic nitrogens is 2. The SMILES string of the molecule is NC(CCc1c[nH]c2c(F)cc(F)cc12)OC(=O)/C=C/C(=O)OC(N)CCc1c[nH]c2c(F)cc(F)cc12. The number of esters is 2. The van der Waals surface area contributed by atoms with E-state index in [1.807, 2.05) is 0 Å². The number of rotatable bonds is 10. The number of nitrogens with one attached hydrogen (secondary N) is 2. The van der Waals surface area contributed by atoms with E-state index in [1.54, 1.807) is 0 Å². The van der Waals surface area contributed by atoms with E-state index in [-0.39, 0.29) is 36.7 Å². The molecule has 0 spiro atoms. The Morgan fingerprint density at radius 2 is 1.13 bits per heavy atom. The molecule has 2 atom stereocenters. The first-order chi connectivity index (χ1) is 18.1. The van der Waals surface area contributed by atoms with Gasteiger partial charge in [0, 0.05) is 60.3 Å². The average molecular weight is 532 g/mol. The largest absolute Gasteiger partial charge is 0.444 e. The van der Waals surface area contributed by atoms with E-state index >= 15 is 0 Å². The van der Waals surface area contributed by atoms with Crippen LogP contribution >= 0.6 is 0 Å². The van der Waals surface area contributed by atoms with E-state index in [0.717, 1.165) is 24.3 Å². The molecule has 200 valence electrons. The third-order valence-electron chi connectivity index (χ3n) is 5.87. The molecule has 4 rings (SSSR count). The van der Waals surface area contributed by atoms with Gasteiger partial charge in [0.1, 0.15) is 23.3 Å². The summed E-state index contributed by atoms with van der Waals surface area (Å²) in [7, 11) is 0. The van der Waals surface area contributed by atoms with Crippen molar-refractivity contribution in [3.05, 3.63) is 83.2 Å². The smallest absolute Gasteiger partial charge is 0.332 e. The molecule has 0 aliphatic rings. The van der Waals surface area contributed by atoms with Crippen LogP contribution in [0.2, 0.25) is 0 Å². The number of hydrogen-bond donors (Lipinski definition) is 4. The first-order valence-corrected chi connectivity index (χ1v) is 11.6. The molecular formula is C26H24F4N4O4. The molecule has 0 fully saturated rings. The maximum absolute atomic E-state index is 13.8. The number of aryl methyl sites for hydroxylation is 2. The Balaban J connectivity index is 1.21. The van der Waals surface area contributed by atoms with Gasteiger partial charge in [-0.25, -0.2) is 27.2 Å². The first-order valence-electron chi connectivity index (χ1n) is 11.6. The molecule has 0 saturated carbocycles. The average Bonchev–Trinajstić information content (AvgIpc) is 3.44. The highest BCUT2D eigenvalue weighted by atomic mass is 19.1. The molecule has 0 aliphatic carbocycles. The van der Waals surface area contributed by atoms with Crippen LogP contribution in [0.3, 0.4) is 0 Å². The highest BCUT2D eigenvalue weighted by Gasteiger charge is 2.15. The standard InChI is InChI=1S/C26H24F4N4O4/c27-15-7-17-13(11-33-25(17)19(29)9-15)1-3-21(31)37-23(35)5-6-24(36)38-22(32)4-2-14-12-34-26-18(14)8-16(28)10-20(26)30/h5-12,21-22,33-34H,1-4,31-32H2/b6-5+. The van der Waals surface area contributed by atoms with E-state index in [0.29, 0.717) is 21.9 Å². The lowest BCUT2D eigenvalue weighted by molar-refractivity contribution is -0.145. The molecule has 38 heavy (non-hydrogen) atoms. The summed E-state index contributed by atoms with van der Waals surface area (Å²) in [6.07, 6.45) is 3.48. The fourth-order valence-electron chi connectivity index (χ4n) is 4.06. The van der Waals surface area contributed by atoms with Crippen molar-refractivity contribution in [2.75, 3.05) is 0 Å². The fraction of sp³-hybridized carbons (Fsp3) is 0.231. The number of aromatic amines is 2. The number of carbonyl (C=O) groups excluding carboxylic acids is 2. The van der Waals surface area contributed by atoms with E-state index < -0.39 is 47.7 Å². The number of carbonyl (C=O) groups is 2. The molecule has 0 aliphatic heterocycles. The lowest BCUT2D eigenvalue weighted by Gasteiger charge is -2.12. The number of hydrogen-bond acceptors (Lipinski definition) is 6. The molecule has 12 heteroatoms. The van der Waals surface area contributed by atoms with Gasteiger partial charge in [0.2, 0.25) is 0 Å². The summed E-state index contributed by atoms with van der Waals surface area (Å²) in [6, 6.07) is 3.94. The monoisotopic (exact) mass is 532 g/mol. The predicted molar refractivity (Wildman–Crippen MR) is 130 cm³/mol. The van der Waals surface area contributed by atoms with Crippen LogP contribution < -0.4 is 11.5 Å². The van der Waals surface area contributed by atoms with Gasteiger partial charge in [0.05, 0.1) is 11.0 Å². The lowest BCUT2D eigenvalue weighted by atomic mass is 10.1. The van der Waals surface area contributed by atoms with Gasteiger partial charge in [-0.15, -0.1) is 0 Å². The highest BCUT2D eigenvalue weighted by molar-refractivity contribution is 5.91. The van der Waals surface area contributed by atoms with Crippen molar-refractivity contribution in [2.45, 2.75) is 38.1 Å². The first kappa shape index (κ1) is 26.9. The third kappa shape index (κ3) is 6.39. The van der Waals surface area contributed by atoms with Crippen LogP contribution in [0.4, 0.5) is 17.6 Å². The van der Waals surface area contributed by atoms with Crippen LogP contribution in [0.15, 0.2) is 48.8 Å². The second-order valence-electron chi connectivity index (χ2n) is 8.61. The Kier molecular flexibility index (Phi) is 8.13. The number of ether oxygens (including phenoxy) is 2. The zero-order chi connectivity index (χ0) is 27.4. The number of fused-ring (bicyclic) bond motifs is 2. The van der Waals surface area contributed by atoms with Gasteiger partial charge in [-0.1, -0.05) is 0 Å². The van der Waals surface area contributed by atoms with Gasteiger partial charge in [-0.05, 0) is 36.1 Å². The Bertz CT molecular complexity index is 1400. The summed E-state index contributed by atoms with van der Waals surface area (Å²) >= 11 is 0. The van der Waals surface area contributed by atoms with Crippen LogP contribution in [0, 0.1) is 23.3 Å². The van der Waals surface area contributed by atoms with Crippen molar-refractivity contribution in [3.63, 3.8) is 0 Å². The van der Waals surface area contributed by atoms with Gasteiger partial charge >= 0.3 is 11.9 Å². The summed E-state index contributed by atoms with van der Waals surface area (Å²) in [4.78, 5) is 29.4. The minimum absolute atomic E-state index is 0.154. The van der Waals surface area contributed by atoms with Gasteiger partial charge in [-0.2, -0.15) is 0 Å². The molecule has 0 saturated heterocycles. The minimum Gasteiger partial charge on any atom is -0.444 e. The third-order valence-corrected chi connectivity index (χ3v) is 5.87. The van der Waals surface area contributed by atoms with Gasteiger partial charge in [0.15, 0.2) is 12.5 Å². The Hall–Kier alpha value is -4.16. The summed E-state index contributed by atoms with van der Waals surface area (Å²) in [5.74, 6) is -4.67. The van der Waals surface area contributed by atoms with Gasteiger partial charge in [0.25, 0.3) is 0 Å². The molecule has 2 aromatic carbocycles.